The van der Waals surface area contributed by atoms with Gasteiger partial charge in [-0.15, -0.1) is 11.6 Å². The second-order valence-electron chi connectivity index (χ2n) is 2.98. The van der Waals surface area contributed by atoms with Crippen LogP contribution in [0.3, 0.4) is 0 Å². The Hall–Kier alpha value is -0.720. The van der Waals surface area contributed by atoms with E-state index in [2.05, 4.69) is 4.98 Å². The maximum absolute atomic E-state index is 13.3. The Morgan fingerprint density at radius 2 is 2.25 bits per heavy atom. The molecule has 16 heavy (non-hydrogen) atoms. The van der Waals surface area contributed by atoms with E-state index in [1.54, 1.807) is 6.92 Å². The average Bonchev–Trinajstić information content (AvgIpc) is 2.26. The van der Waals surface area contributed by atoms with Crippen LogP contribution in [-0.2, 0) is 10.0 Å². The van der Waals surface area contributed by atoms with Crippen molar-refractivity contribution in [2.75, 3.05) is 19.0 Å². The molecule has 1 rings (SSSR count). The van der Waals surface area contributed by atoms with E-state index in [1.807, 2.05) is 0 Å². The van der Waals surface area contributed by atoms with Gasteiger partial charge in [-0.2, -0.15) is 4.31 Å². The Balaban J connectivity index is 3.15. The molecule has 0 radical (unpaired) electrons. The summed E-state index contributed by atoms with van der Waals surface area (Å²) in [5.74, 6) is -0.697. The molecule has 0 saturated carbocycles. The number of hydrogen-bond donors (Lipinski definition) is 0. The fourth-order valence-corrected chi connectivity index (χ4v) is 2.95. The fraction of sp³-hybridized carbons (Fsp3) is 0.444. The third kappa shape index (κ3) is 2.69. The summed E-state index contributed by atoms with van der Waals surface area (Å²) in [5.41, 5.74) is 0. The molecule has 1 aromatic rings. The fourth-order valence-electron chi connectivity index (χ4n) is 1.23. The lowest BCUT2D eigenvalue weighted by atomic mass is 10.5. The zero-order chi connectivity index (χ0) is 12.2. The summed E-state index contributed by atoms with van der Waals surface area (Å²) in [6.07, 6.45) is 1.24. The predicted molar refractivity (Wildman–Crippen MR) is 59.3 cm³/mol. The first-order valence-corrected chi connectivity index (χ1v) is 6.68. The maximum Gasteiger partial charge on any atom is 0.263 e. The summed E-state index contributed by atoms with van der Waals surface area (Å²) in [6.45, 7) is 2.02. The first kappa shape index (κ1) is 13.3. The van der Waals surface area contributed by atoms with Gasteiger partial charge in [0.25, 0.3) is 10.0 Å². The van der Waals surface area contributed by atoms with E-state index >= 15 is 0 Å². The zero-order valence-corrected chi connectivity index (χ0v) is 10.3. The molecule has 0 aliphatic carbocycles. The van der Waals surface area contributed by atoms with Gasteiger partial charge in [0.1, 0.15) is 0 Å². The normalized spacial score (nSPS) is 12.0. The molecule has 0 aromatic carbocycles. The summed E-state index contributed by atoms with van der Waals surface area (Å²) in [4.78, 5) is 3.55. The molecular formula is C9H12ClFN2O2S. The van der Waals surface area contributed by atoms with Crippen LogP contribution in [0, 0.1) is 5.82 Å². The number of aromatic nitrogens is 1. The van der Waals surface area contributed by atoms with Gasteiger partial charge >= 0.3 is 0 Å². The molecule has 1 aromatic heterocycles. The van der Waals surface area contributed by atoms with Crippen LogP contribution in [0.4, 0.5) is 4.39 Å². The number of rotatable bonds is 5. The second-order valence-corrected chi connectivity index (χ2v) is 5.21. The van der Waals surface area contributed by atoms with Crippen LogP contribution in [0.2, 0.25) is 0 Å². The first-order valence-electron chi connectivity index (χ1n) is 4.70. The van der Waals surface area contributed by atoms with Gasteiger partial charge in [0.05, 0.1) is 0 Å². The van der Waals surface area contributed by atoms with E-state index < -0.39 is 20.9 Å². The van der Waals surface area contributed by atoms with Crippen molar-refractivity contribution in [2.45, 2.75) is 11.9 Å². The quantitative estimate of drug-likeness (QED) is 0.759. The summed E-state index contributed by atoms with van der Waals surface area (Å²) in [5, 5.41) is -0.554. The molecule has 0 bridgehead atoms. The lowest BCUT2D eigenvalue weighted by Gasteiger charge is -2.18. The largest absolute Gasteiger partial charge is 0.263 e. The van der Waals surface area contributed by atoms with Crippen LogP contribution < -0.4 is 0 Å². The van der Waals surface area contributed by atoms with Gasteiger partial charge < -0.3 is 0 Å². The molecule has 4 nitrogen and oxygen atoms in total. The van der Waals surface area contributed by atoms with E-state index in [-0.39, 0.29) is 19.0 Å². The lowest BCUT2D eigenvalue weighted by Crippen LogP contribution is -2.33. The SMILES string of the molecule is CCN(CCCl)S(=O)(=O)c1ncccc1F. The van der Waals surface area contributed by atoms with Crippen LogP contribution in [0.5, 0.6) is 0 Å². The minimum absolute atomic E-state index is 0.135. The minimum Gasteiger partial charge on any atom is -0.241 e. The monoisotopic (exact) mass is 266 g/mol. The third-order valence-electron chi connectivity index (χ3n) is 2.00. The summed E-state index contributed by atoms with van der Waals surface area (Å²) >= 11 is 5.49. The van der Waals surface area contributed by atoms with E-state index in [0.29, 0.717) is 0 Å². The lowest BCUT2D eigenvalue weighted by molar-refractivity contribution is 0.437. The van der Waals surface area contributed by atoms with Gasteiger partial charge in [-0.25, -0.2) is 17.8 Å². The molecule has 7 heteroatoms. The predicted octanol–water partition coefficient (Wildman–Crippen LogP) is 1.47. The third-order valence-corrected chi connectivity index (χ3v) is 4.07. The number of nitrogens with zero attached hydrogens (tertiary/aromatic N) is 2. The number of hydrogen-bond acceptors (Lipinski definition) is 3. The highest BCUT2D eigenvalue weighted by Gasteiger charge is 2.26. The van der Waals surface area contributed by atoms with E-state index in [1.165, 1.54) is 12.3 Å². The molecule has 0 fully saturated rings. The van der Waals surface area contributed by atoms with Gasteiger partial charge in [-0.05, 0) is 12.1 Å². The molecule has 0 aliphatic rings. The van der Waals surface area contributed by atoms with Crippen LogP contribution >= 0.6 is 11.6 Å². The number of halogens is 2. The van der Waals surface area contributed by atoms with Crippen LogP contribution in [0.15, 0.2) is 23.4 Å². The van der Waals surface area contributed by atoms with Crippen molar-refractivity contribution in [3.05, 3.63) is 24.1 Å². The minimum atomic E-state index is -3.88. The van der Waals surface area contributed by atoms with Crippen molar-refractivity contribution in [1.29, 1.82) is 0 Å². The molecule has 0 spiro atoms. The molecule has 0 atom stereocenters. The van der Waals surface area contributed by atoms with Crippen LogP contribution in [0.25, 0.3) is 0 Å². The van der Waals surface area contributed by atoms with Crippen LogP contribution in [0.1, 0.15) is 6.92 Å². The Kier molecular flexibility index (Phi) is 4.64. The summed E-state index contributed by atoms with van der Waals surface area (Å²) < 4.78 is 38.3. The molecule has 1 heterocycles. The van der Waals surface area contributed by atoms with Gasteiger partial charge in [0.2, 0.25) is 5.03 Å². The van der Waals surface area contributed by atoms with Crippen molar-refractivity contribution < 1.29 is 12.8 Å². The second kappa shape index (κ2) is 5.56. The van der Waals surface area contributed by atoms with Crippen molar-refractivity contribution in [1.82, 2.24) is 9.29 Å². The summed E-state index contributed by atoms with van der Waals surface area (Å²) in [7, 11) is -3.88. The van der Waals surface area contributed by atoms with Gasteiger partial charge in [0.15, 0.2) is 5.82 Å². The molecule has 0 aliphatic heterocycles. The number of sulfonamides is 1. The summed E-state index contributed by atoms with van der Waals surface area (Å²) in [6, 6.07) is 2.40. The highest BCUT2D eigenvalue weighted by atomic mass is 35.5. The molecule has 0 unspecified atom stereocenters. The van der Waals surface area contributed by atoms with Gasteiger partial charge in [-0.3, -0.25) is 0 Å². The average molecular weight is 267 g/mol. The highest BCUT2D eigenvalue weighted by molar-refractivity contribution is 7.89. The smallest absolute Gasteiger partial charge is 0.241 e. The molecular weight excluding hydrogens is 255 g/mol. The van der Waals surface area contributed by atoms with Crippen LogP contribution in [-0.4, -0.2) is 36.7 Å². The zero-order valence-electron chi connectivity index (χ0n) is 8.73. The molecule has 0 saturated heterocycles. The highest BCUT2D eigenvalue weighted by Crippen LogP contribution is 2.15. The van der Waals surface area contributed by atoms with Crippen molar-refractivity contribution in [2.24, 2.45) is 0 Å². The molecule has 0 N–H and O–H groups in total. The standard InChI is InChI=1S/C9H12ClFN2O2S/c1-2-13(7-5-10)16(14,15)9-8(11)4-3-6-12-9/h3-4,6H,2,5,7H2,1H3. The molecule has 90 valence electrons. The van der Waals surface area contributed by atoms with Crippen molar-refractivity contribution in [3.63, 3.8) is 0 Å². The van der Waals surface area contributed by atoms with E-state index in [0.717, 1.165) is 10.4 Å². The van der Waals surface area contributed by atoms with Crippen molar-refractivity contribution >= 4 is 21.6 Å². The number of alkyl halides is 1. The van der Waals surface area contributed by atoms with Crippen molar-refractivity contribution in [3.8, 4) is 0 Å². The molecule has 0 amide bonds. The Labute approximate surface area is 99.1 Å². The topological polar surface area (TPSA) is 50.3 Å². The van der Waals surface area contributed by atoms with E-state index in [9.17, 15) is 12.8 Å². The first-order chi connectivity index (χ1) is 7.54. The number of pyridine rings is 1. The van der Waals surface area contributed by atoms with E-state index in [4.69, 9.17) is 11.6 Å². The Morgan fingerprint density at radius 3 is 2.75 bits per heavy atom. The van der Waals surface area contributed by atoms with Gasteiger partial charge in [-0.1, -0.05) is 6.92 Å². The van der Waals surface area contributed by atoms with Gasteiger partial charge in [0, 0.05) is 25.2 Å². The Bertz CT molecular complexity index is 453. The maximum atomic E-state index is 13.3. The Morgan fingerprint density at radius 1 is 1.56 bits per heavy atom.